The summed E-state index contributed by atoms with van der Waals surface area (Å²) in [6.45, 7) is 0. The van der Waals surface area contributed by atoms with Crippen molar-refractivity contribution < 1.29 is 22.0 Å². The Balaban J connectivity index is 2.57. The number of halogens is 3. The minimum atomic E-state index is -4.42. The number of primary sulfonamides is 1. The van der Waals surface area contributed by atoms with Crippen LogP contribution in [0.3, 0.4) is 0 Å². The van der Waals surface area contributed by atoms with Gasteiger partial charge in [0.1, 0.15) is 16.3 Å². The average Bonchev–Trinajstić information content (AvgIpc) is 2.97. The SMILES string of the molecule is NS(=O)(=O)c1c(Br)cc(F)c(C(=O)NC2CC2)c1F. The monoisotopic (exact) mass is 354 g/mol. The van der Waals surface area contributed by atoms with Gasteiger partial charge in [-0.2, -0.15) is 0 Å². The van der Waals surface area contributed by atoms with Gasteiger partial charge in [-0.05, 0) is 34.8 Å². The largest absolute Gasteiger partial charge is 0.349 e. The highest BCUT2D eigenvalue weighted by Crippen LogP contribution is 2.29. The summed E-state index contributed by atoms with van der Waals surface area (Å²) >= 11 is 2.71. The lowest BCUT2D eigenvalue weighted by Crippen LogP contribution is -2.28. The second-order valence-corrected chi connectivity index (χ2v) is 6.50. The summed E-state index contributed by atoms with van der Waals surface area (Å²) in [5, 5.41) is 7.22. The molecule has 0 aliphatic heterocycles. The van der Waals surface area contributed by atoms with Crippen molar-refractivity contribution in [2.75, 3.05) is 0 Å². The van der Waals surface area contributed by atoms with E-state index >= 15 is 0 Å². The smallest absolute Gasteiger partial charge is 0.257 e. The first kappa shape index (κ1) is 14.4. The molecule has 3 N–H and O–H groups in total. The summed E-state index contributed by atoms with van der Waals surface area (Å²) in [6, 6.07) is 0.581. The third-order valence-corrected chi connectivity index (χ3v) is 4.41. The van der Waals surface area contributed by atoms with E-state index in [-0.39, 0.29) is 10.5 Å². The van der Waals surface area contributed by atoms with Crippen molar-refractivity contribution in [1.29, 1.82) is 0 Å². The van der Waals surface area contributed by atoms with Crippen molar-refractivity contribution in [3.05, 3.63) is 27.7 Å². The Morgan fingerprint density at radius 2 is 2.00 bits per heavy atom. The molecule has 1 amide bonds. The molecule has 0 unspecified atom stereocenters. The summed E-state index contributed by atoms with van der Waals surface area (Å²) in [5.74, 6) is -3.64. The third-order valence-electron chi connectivity index (χ3n) is 2.55. The molecule has 0 aromatic heterocycles. The third kappa shape index (κ3) is 2.93. The summed E-state index contributed by atoms with van der Waals surface area (Å²) in [4.78, 5) is 10.7. The van der Waals surface area contributed by atoms with E-state index in [0.29, 0.717) is 6.07 Å². The van der Waals surface area contributed by atoms with E-state index < -0.39 is 38.0 Å². The number of nitrogens with one attached hydrogen (secondary N) is 1. The molecule has 0 saturated heterocycles. The number of carbonyl (C=O) groups excluding carboxylic acids is 1. The van der Waals surface area contributed by atoms with Crippen LogP contribution in [0.1, 0.15) is 23.2 Å². The summed E-state index contributed by atoms with van der Waals surface area (Å²) < 4.78 is 49.8. The fourth-order valence-electron chi connectivity index (χ4n) is 1.53. The lowest BCUT2D eigenvalue weighted by atomic mass is 10.2. The predicted octanol–water partition coefficient (Wildman–Crippen LogP) is 1.27. The van der Waals surface area contributed by atoms with Gasteiger partial charge in [-0.15, -0.1) is 0 Å². The standard InChI is InChI=1S/C10H9BrF2N2O3S/c11-5-3-6(12)7(10(16)15-4-1-2-4)8(13)9(5)19(14,17)18/h3-4H,1-2H2,(H,15,16)(H2,14,17,18). The van der Waals surface area contributed by atoms with Crippen molar-refractivity contribution in [3.63, 3.8) is 0 Å². The molecule has 9 heteroatoms. The quantitative estimate of drug-likeness (QED) is 0.856. The van der Waals surface area contributed by atoms with Gasteiger partial charge in [0.25, 0.3) is 5.91 Å². The predicted molar refractivity (Wildman–Crippen MR) is 65.9 cm³/mol. The first-order valence-corrected chi connectivity index (χ1v) is 7.57. The normalized spacial score (nSPS) is 15.4. The van der Waals surface area contributed by atoms with Gasteiger partial charge >= 0.3 is 0 Å². The average molecular weight is 355 g/mol. The second-order valence-electron chi connectivity index (χ2n) is 4.15. The van der Waals surface area contributed by atoms with Crippen LogP contribution in [0.5, 0.6) is 0 Å². The second kappa shape index (κ2) is 4.80. The molecule has 104 valence electrons. The first-order chi connectivity index (χ1) is 8.71. The van der Waals surface area contributed by atoms with Crippen LogP contribution in [0.2, 0.25) is 0 Å². The number of sulfonamides is 1. The van der Waals surface area contributed by atoms with Gasteiger partial charge in [-0.1, -0.05) is 0 Å². The van der Waals surface area contributed by atoms with Gasteiger partial charge in [0.05, 0.1) is 0 Å². The molecule has 1 aromatic rings. The van der Waals surface area contributed by atoms with Crippen LogP contribution in [0, 0.1) is 11.6 Å². The fraction of sp³-hybridized carbons (Fsp3) is 0.300. The topological polar surface area (TPSA) is 89.3 Å². The van der Waals surface area contributed by atoms with E-state index in [4.69, 9.17) is 5.14 Å². The number of benzene rings is 1. The molecule has 1 fully saturated rings. The van der Waals surface area contributed by atoms with Crippen LogP contribution in [-0.4, -0.2) is 20.4 Å². The summed E-state index contributed by atoms with van der Waals surface area (Å²) in [5.41, 5.74) is -0.945. The molecule has 0 atom stereocenters. The maximum absolute atomic E-state index is 14.0. The summed E-state index contributed by atoms with van der Waals surface area (Å²) in [7, 11) is -4.42. The van der Waals surface area contributed by atoms with E-state index in [2.05, 4.69) is 21.2 Å². The molecule has 1 aliphatic carbocycles. The molecule has 0 heterocycles. The highest BCUT2D eigenvalue weighted by atomic mass is 79.9. The van der Waals surface area contributed by atoms with Crippen LogP contribution < -0.4 is 10.5 Å². The molecule has 1 aliphatic rings. The van der Waals surface area contributed by atoms with Crippen LogP contribution >= 0.6 is 15.9 Å². The molecule has 0 radical (unpaired) electrons. The van der Waals surface area contributed by atoms with Gasteiger partial charge in [0.2, 0.25) is 10.0 Å². The lowest BCUT2D eigenvalue weighted by Gasteiger charge is -2.10. The molecule has 19 heavy (non-hydrogen) atoms. The van der Waals surface area contributed by atoms with Crippen molar-refractivity contribution >= 4 is 31.9 Å². The van der Waals surface area contributed by atoms with Gasteiger partial charge in [-0.25, -0.2) is 22.3 Å². The van der Waals surface area contributed by atoms with Gasteiger partial charge in [-0.3, -0.25) is 4.79 Å². The Kier molecular flexibility index (Phi) is 3.63. The first-order valence-electron chi connectivity index (χ1n) is 5.23. The Hall–Kier alpha value is -1.06. The molecule has 1 saturated carbocycles. The van der Waals surface area contributed by atoms with E-state index in [1.165, 1.54) is 0 Å². The van der Waals surface area contributed by atoms with Crippen LogP contribution in [0.15, 0.2) is 15.4 Å². The highest BCUT2D eigenvalue weighted by Gasteiger charge is 2.31. The highest BCUT2D eigenvalue weighted by molar-refractivity contribution is 9.10. The summed E-state index contributed by atoms with van der Waals surface area (Å²) in [6.07, 6.45) is 1.46. The van der Waals surface area contributed by atoms with Crippen LogP contribution in [-0.2, 0) is 10.0 Å². The zero-order valence-electron chi connectivity index (χ0n) is 9.41. The van der Waals surface area contributed by atoms with Crippen LogP contribution in [0.25, 0.3) is 0 Å². The lowest BCUT2D eigenvalue weighted by molar-refractivity contribution is 0.0942. The molecule has 0 spiro atoms. The Labute approximate surface area is 116 Å². The minimum Gasteiger partial charge on any atom is -0.349 e. The number of hydrogen-bond donors (Lipinski definition) is 2. The molecule has 5 nitrogen and oxygen atoms in total. The fourth-order valence-corrected chi connectivity index (χ4v) is 3.26. The number of hydrogen-bond acceptors (Lipinski definition) is 3. The molecular weight excluding hydrogens is 346 g/mol. The zero-order valence-corrected chi connectivity index (χ0v) is 11.8. The zero-order chi connectivity index (χ0) is 14.4. The van der Waals surface area contributed by atoms with Gasteiger partial charge < -0.3 is 5.32 Å². The maximum atomic E-state index is 14.0. The number of nitrogens with two attached hydrogens (primary N) is 1. The van der Waals surface area contributed by atoms with Gasteiger partial charge in [0.15, 0.2) is 5.82 Å². The van der Waals surface area contributed by atoms with Crippen molar-refractivity contribution in [2.45, 2.75) is 23.8 Å². The molecular formula is C10H9BrF2N2O3S. The minimum absolute atomic E-state index is 0.118. The van der Waals surface area contributed by atoms with E-state index in [1.54, 1.807) is 0 Å². The number of carbonyl (C=O) groups is 1. The van der Waals surface area contributed by atoms with E-state index in [1.807, 2.05) is 0 Å². The Morgan fingerprint density at radius 3 is 2.47 bits per heavy atom. The van der Waals surface area contributed by atoms with Crippen molar-refractivity contribution in [2.24, 2.45) is 5.14 Å². The molecule has 1 aromatic carbocycles. The van der Waals surface area contributed by atoms with Crippen LogP contribution in [0.4, 0.5) is 8.78 Å². The van der Waals surface area contributed by atoms with Crippen molar-refractivity contribution in [3.8, 4) is 0 Å². The Morgan fingerprint density at radius 1 is 1.42 bits per heavy atom. The molecule has 2 rings (SSSR count). The van der Waals surface area contributed by atoms with E-state index in [9.17, 15) is 22.0 Å². The number of amides is 1. The molecule has 0 bridgehead atoms. The number of rotatable bonds is 3. The Bertz CT molecular complexity index is 659. The maximum Gasteiger partial charge on any atom is 0.257 e. The van der Waals surface area contributed by atoms with E-state index in [0.717, 1.165) is 12.8 Å². The van der Waals surface area contributed by atoms with Crippen molar-refractivity contribution in [1.82, 2.24) is 5.32 Å². The van der Waals surface area contributed by atoms with Gasteiger partial charge in [0, 0.05) is 10.5 Å².